The van der Waals surface area contributed by atoms with Gasteiger partial charge in [0.2, 0.25) is 0 Å². The predicted molar refractivity (Wildman–Crippen MR) is 91.3 cm³/mol. The van der Waals surface area contributed by atoms with Crippen LogP contribution in [0.15, 0.2) is 48.5 Å². The molecule has 0 saturated carbocycles. The number of hydroxylamine groups is 2. The molecular weight excluding hydrogens is 358 g/mol. The lowest BCUT2D eigenvalue weighted by molar-refractivity contribution is -0.195. The number of hydrogen-bond donors (Lipinski definition) is 0. The van der Waals surface area contributed by atoms with E-state index in [1.165, 1.54) is 34.2 Å². The largest absolute Gasteiger partial charge is 0.487 e. The zero-order valence-corrected chi connectivity index (χ0v) is 14.4. The lowest BCUT2D eigenvalue weighted by Crippen LogP contribution is -2.60. The molecule has 2 aliphatic heterocycles. The molecule has 2 heterocycles. The Balaban J connectivity index is 1.15. The van der Waals surface area contributed by atoms with Crippen molar-refractivity contribution in [2.24, 2.45) is 0 Å². The van der Waals surface area contributed by atoms with Gasteiger partial charge in [-0.05, 0) is 24.3 Å². The Morgan fingerprint density at radius 2 is 1.37 bits per heavy atom. The SMILES string of the molecule is O=C(ON1CC(Oc2cccc(F)c2)C1)N1CC(Oc2cccc(F)c2)C1. The first kappa shape index (κ1) is 17.5. The van der Waals surface area contributed by atoms with Gasteiger partial charge in [0.05, 0.1) is 26.2 Å². The molecule has 2 aliphatic rings. The van der Waals surface area contributed by atoms with Gasteiger partial charge in [-0.25, -0.2) is 13.6 Å². The predicted octanol–water partition coefficient (Wildman–Crippen LogP) is 2.84. The summed E-state index contributed by atoms with van der Waals surface area (Å²) in [7, 11) is 0. The number of ether oxygens (including phenoxy) is 2. The van der Waals surface area contributed by atoms with Crippen LogP contribution in [0.1, 0.15) is 0 Å². The zero-order chi connectivity index (χ0) is 18.8. The van der Waals surface area contributed by atoms with E-state index in [9.17, 15) is 13.6 Å². The Hall–Kier alpha value is -2.87. The van der Waals surface area contributed by atoms with E-state index in [0.717, 1.165) is 0 Å². The van der Waals surface area contributed by atoms with Crippen LogP contribution in [-0.2, 0) is 4.84 Å². The third-order valence-corrected chi connectivity index (χ3v) is 4.33. The third kappa shape index (κ3) is 4.28. The van der Waals surface area contributed by atoms with Crippen molar-refractivity contribution in [1.82, 2.24) is 9.96 Å². The van der Waals surface area contributed by atoms with Crippen LogP contribution >= 0.6 is 0 Å². The van der Waals surface area contributed by atoms with Gasteiger partial charge in [0, 0.05) is 12.1 Å². The van der Waals surface area contributed by atoms with E-state index >= 15 is 0 Å². The van der Waals surface area contributed by atoms with Crippen molar-refractivity contribution in [1.29, 1.82) is 0 Å². The Bertz CT molecular complexity index is 823. The molecule has 0 bridgehead atoms. The standard InChI is InChI=1S/C19H18F2N2O4/c20-13-3-1-5-15(7-13)25-17-9-22(10-17)19(24)27-23-11-18(12-23)26-16-6-2-4-14(21)8-16/h1-8,17-18H,9-12H2. The average Bonchev–Trinajstić information content (AvgIpc) is 2.56. The van der Waals surface area contributed by atoms with Crippen molar-refractivity contribution in [3.63, 3.8) is 0 Å². The fourth-order valence-corrected chi connectivity index (χ4v) is 2.85. The highest BCUT2D eigenvalue weighted by atomic mass is 19.1. The summed E-state index contributed by atoms with van der Waals surface area (Å²) in [5.41, 5.74) is 0. The lowest BCUT2D eigenvalue weighted by Gasteiger charge is -2.41. The fraction of sp³-hybridized carbons (Fsp3) is 0.316. The molecule has 0 aromatic heterocycles. The maximum atomic E-state index is 13.1. The first-order chi connectivity index (χ1) is 13.0. The Kier molecular flexibility index (Phi) is 4.81. The molecular formula is C19H18F2N2O4. The van der Waals surface area contributed by atoms with Crippen molar-refractivity contribution in [3.05, 3.63) is 60.2 Å². The first-order valence-corrected chi connectivity index (χ1v) is 8.61. The number of benzene rings is 2. The summed E-state index contributed by atoms with van der Waals surface area (Å²) in [5, 5.41) is 1.49. The number of rotatable bonds is 5. The molecule has 2 aromatic rings. The molecule has 0 aliphatic carbocycles. The summed E-state index contributed by atoms with van der Waals surface area (Å²) in [5.74, 6) is 0.165. The topological polar surface area (TPSA) is 51.2 Å². The van der Waals surface area contributed by atoms with Gasteiger partial charge in [0.25, 0.3) is 0 Å². The van der Waals surface area contributed by atoms with Gasteiger partial charge in [-0.3, -0.25) is 4.90 Å². The Morgan fingerprint density at radius 3 is 1.89 bits per heavy atom. The summed E-state index contributed by atoms with van der Waals surface area (Å²) in [6.45, 7) is 1.59. The number of hydrogen-bond acceptors (Lipinski definition) is 5. The molecule has 0 N–H and O–H groups in total. The zero-order valence-electron chi connectivity index (χ0n) is 14.4. The molecule has 27 heavy (non-hydrogen) atoms. The van der Waals surface area contributed by atoms with Gasteiger partial charge in [0.15, 0.2) is 0 Å². The smallest absolute Gasteiger partial charge is 0.429 e. The number of amides is 1. The van der Waals surface area contributed by atoms with Crippen molar-refractivity contribution in [2.45, 2.75) is 12.2 Å². The molecule has 0 unspecified atom stereocenters. The van der Waals surface area contributed by atoms with Crippen LogP contribution in [0.4, 0.5) is 13.6 Å². The van der Waals surface area contributed by atoms with Gasteiger partial charge < -0.3 is 14.3 Å². The number of carbonyl (C=O) groups excluding carboxylic acids is 1. The molecule has 142 valence electrons. The molecule has 0 spiro atoms. The molecule has 0 atom stereocenters. The van der Waals surface area contributed by atoms with Crippen molar-refractivity contribution < 1.29 is 27.9 Å². The number of nitrogens with zero attached hydrogens (tertiary/aromatic N) is 2. The quantitative estimate of drug-likeness (QED) is 0.803. The summed E-state index contributed by atoms with van der Waals surface area (Å²) in [4.78, 5) is 18.8. The third-order valence-electron chi connectivity index (χ3n) is 4.33. The first-order valence-electron chi connectivity index (χ1n) is 8.61. The van der Waals surface area contributed by atoms with E-state index in [4.69, 9.17) is 14.3 Å². The highest BCUT2D eigenvalue weighted by Crippen LogP contribution is 2.22. The van der Waals surface area contributed by atoms with Crippen molar-refractivity contribution >= 4 is 6.09 Å². The van der Waals surface area contributed by atoms with Crippen LogP contribution in [0.25, 0.3) is 0 Å². The van der Waals surface area contributed by atoms with Crippen LogP contribution in [0, 0.1) is 11.6 Å². The fourth-order valence-electron chi connectivity index (χ4n) is 2.85. The van der Waals surface area contributed by atoms with E-state index in [0.29, 0.717) is 37.7 Å². The summed E-state index contributed by atoms with van der Waals surface area (Å²) >= 11 is 0. The number of halogens is 2. The maximum absolute atomic E-state index is 13.1. The molecule has 2 aromatic carbocycles. The van der Waals surface area contributed by atoms with Gasteiger partial charge in [-0.2, -0.15) is 0 Å². The van der Waals surface area contributed by atoms with Crippen molar-refractivity contribution in [3.8, 4) is 11.5 Å². The van der Waals surface area contributed by atoms with Gasteiger partial charge in [-0.1, -0.05) is 12.1 Å². The van der Waals surface area contributed by atoms with E-state index in [1.807, 2.05) is 0 Å². The monoisotopic (exact) mass is 376 g/mol. The summed E-state index contributed by atoms with van der Waals surface area (Å²) in [6, 6.07) is 11.8. The molecule has 8 heteroatoms. The summed E-state index contributed by atoms with van der Waals surface area (Å²) in [6.07, 6.45) is -0.793. The minimum Gasteiger partial charge on any atom is -0.487 e. The van der Waals surface area contributed by atoms with Gasteiger partial charge in [-0.15, -0.1) is 5.06 Å². The van der Waals surface area contributed by atoms with Crippen LogP contribution in [-0.4, -0.2) is 54.4 Å². The van der Waals surface area contributed by atoms with Gasteiger partial charge in [0.1, 0.15) is 35.3 Å². The van der Waals surface area contributed by atoms with E-state index < -0.39 is 6.09 Å². The van der Waals surface area contributed by atoms with E-state index in [-0.39, 0.29) is 23.8 Å². The molecule has 0 radical (unpaired) electrons. The second-order valence-electron chi connectivity index (χ2n) is 6.50. The minimum atomic E-state index is -0.460. The normalized spacial score (nSPS) is 17.8. The number of carbonyl (C=O) groups is 1. The summed E-state index contributed by atoms with van der Waals surface area (Å²) < 4.78 is 37.4. The van der Waals surface area contributed by atoms with Crippen LogP contribution < -0.4 is 9.47 Å². The highest BCUT2D eigenvalue weighted by molar-refractivity contribution is 5.68. The van der Waals surface area contributed by atoms with Crippen LogP contribution in [0.2, 0.25) is 0 Å². The second kappa shape index (κ2) is 7.40. The van der Waals surface area contributed by atoms with E-state index in [1.54, 1.807) is 24.3 Å². The van der Waals surface area contributed by atoms with E-state index in [2.05, 4.69) is 0 Å². The molecule has 4 rings (SSSR count). The molecule has 1 amide bonds. The highest BCUT2D eigenvalue weighted by Gasteiger charge is 2.38. The maximum Gasteiger partial charge on any atom is 0.429 e. The molecule has 2 saturated heterocycles. The molecule has 2 fully saturated rings. The lowest BCUT2D eigenvalue weighted by atomic mass is 10.2. The molecule has 6 nitrogen and oxygen atoms in total. The number of likely N-dealkylation sites (tertiary alicyclic amines) is 1. The van der Waals surface area contributed by atoms with Gasteiger partial charge >= 0.3 is 6.09 Å². The Labute approximate surface area is 154 Å². The second-order valence-corrected chi connectivity index (χ2v) is 6.50. The Morgan fingerprint density at radius 1 is 0.852 bits per heavy atom. The van der Waals surface area contributed by atoms with Crippen molar-refractivity contribution in [2.75, 3.05) is 26.2 Å². The average molecular weight is 376 g/mol. The minimum absolute atomic E-state index is 0.153. The van der Waals surface area contributed by atoms with Crippen LogP contribution in [0.5, 0.6) is 11.5 Å². The van der Waals surface area contributed by atoms with Crippen LogP contribution in [0.3, 0.4) is 0 Å².